The van der Waals surface area contributed by atoms with Gasteiger partial charge in [0.2, 0.25) is 0 Å². The molecule has 1 aromatic rings. The van der Waals surface area contributed by atoms with Gasteiger partial charge in [0.25, 0.3) is 5.91 Å². The topological polar surface area (TPSA) is 55.1 Å². The SMILES string of the molecule is CC(C)(CN)CNC(=O)c1cccc(C(F)(F)F)c1. The Morgan fingerprint density at radius 3 is 2.47 bits per heavy atom. The molecule has 0 bridgehead atoms. The second-order valence-electron chi connectivity index (χ2n) is 5.13. The number of amides is 1. The van der Waals surface area contributed by atoms with Crippen molar-refractivity contribution in [1.82, 2.24) is 5.32 Å². The lowest BCUT2D eigenvalue weighted by Crippen LogP contribution is -2.38. The van der Waals surface area contributed by atoms with Gasteiger partial charge in [0.15, 0.2) is 0 Å². The largest absolute Gasteiger partial charge is 0.416 e. The lowest BCUT2D eigenvalue weighted by atomic mass is 9.94. The van der Waals surface area contributed by atoms with Crippen molar-refractivity contribution >= 4 is 5.91 Å². The van der Waals surface area contributed by atoms with Crippen molar-refractivity contribution in [3.8, 4) is 0 Å². The molecule has 1 amide bonds. The molecule has 0 heterocycles. The van der Waals surface area contributed by atoms with Gasteiger partial charge < -0.3 is 11.1 Å². The first-order valence-electron chi connectivity index (χ1n) is 5.81. The van der Waals surface area contributed by atoms with E-state index in [0.29, 0.717) is 13.1 Å². The highest BCUT2D eigenvalue weighted by atomic mass is 19.4. The number of rotatable bonds is 4. The lowest BCUT2D eigenvalue weighted by molar-refractivity contribution is -0.137. The Morgan fingerprint density at radius 2 is 1.95 bits per heavy atom. The molecule has 3 N–H and O–H groups in total. The average Bonchev–Trinajstić information content (AvgIpc) is 2.35. The Balaban J connectivity index is 2.78. The molecular formula is C13H17F3N2O. The van der Waals surface area contributed by atoms with Crippen molar-refractivity contribution in [1.29, 1.82) is 0 Å². The average molecular weight is 274 g/mol. The highest BCUT2D eigenvalue weighted by Crippen LogP contribution is 2.29. The van der Waals surface area contributed by atoms with Crippen LogP contribution in [-0.2, 0) is 6.18 Å². The normalized spacial score (nSPS) is 12.3. The van der Waals surface area contributed by atoms with E-state index in [1.807, 2.05) is 13.8 Å². The summed E-state index contributed by atoms with van der Waals surface area (Å²) >= 11 is 0. The van der Waals surface area contributed by atoms with Crippen LogP contribution in [0.15, 0.2) is 24.3 Å². The number of alkyl halides is 3. The Bertz CT molecular complexity index is 455. The fourth-order valence-electron chi connectivity index (χ4n) is 1.33. The Kier molecular flexibility index (Phi) is 4.57. The molecular weight excluding hydrogens is 257 g/mol. The number of hydrogen-bond donors (Lipinski definition) is 2. The summed E-state index contributed by atoms with van der Waals surface area (Å²) in [7, 11) is 0. The van der Waals surface area contributed by atoms with Crippen LogP contribution in [-0.4, -0.2) is 19.0 Å². The predicted octanol–water partition coefficient (Wildman–Crippen LogP) is 2.42. The minimum Gasteiger partial charge on any atom is -0.351 e. The van der Waals surface area contributed by atoms with Gasteiger partial charge in [0, 0.05) is 12.1 Å². The molecule has 0 atom stereocenters. The molecule has 0 aliphatic carbocycles. The van der Waals surface area contributed by atoms with E-state index in [1.165, 1.54) is 12.1 Å². The van der Waals surface area contributed by atoms with Gasteiger partial charge in [-0.25, -0.2) is 0 Å². The molecule has 0 fully saturated rings. The lowest BCUT2D eigenvalue weighted by Gasteiger charge is -2.22. The molecule has 6 heteroatoms. The highest BCUT2D eigenvalue weighted by molar-refractivity contribution is 5.94. The quantitative estimate of drug-likeness (QED) is 0.886. The fourth-order valence-corrected chi connectivity index (χ4v) is 1.33. The molecule has 106 valence electrons. The molecule has 1 rings (SSSR count). The van der Waals surface area contributed by atoms with Crippen LogP contribution in [0, 0.1) is 5.41 Å². The zero-order valence-electron chi connectivity index (χ0n) is 10.8. The van der Waals surface area contributed by atoms with E-state index < -0.39 is 17.6 Å². The van der Waals surface area contributed by atoms with Crippen LogP contribution < -0.4 is 11.1 Å². The number of halogens is 3. The smallest absolute Gasteiger partial charge is 0.351 e. The predicted molar refractivity (Wildman–Crippen MR) is 66.6 cm³/mol. The number of carbonyl (C=O) groups excluding carboxylic acids is 1. The summed E-state index contributed by atoms with van der Waals surface area (Å²) in [6, 6.07) is 4.33. The van der Waals surface area contributed by atoms with E-state index in [4.69, 9.17) is 5.73 Å². The summed E-state index contributed by atoms with van der Waals surface area (Å²) in [6.45, 7) is 4.40. The van der Waals surface area contributed by atoms with Crippen molar-refractivity contribution in [2.24, 2.45) is 11.1 Å². The van der Waals surface area contributed by atoms with Gasteiger partial charge >= 0.3 is 6.18 Å². The van der Waals surface area contributed by atoms with Crippen molar-refractivity contribution < 1.29 is 18.0 Å². The van der Waals surface area contributed by atoms with Crippen LogP contribution in [0.2, 0.25) is 0 Å². The monoisotopic (exact) mass is 274 g/mol. The molecule has 3 nitrogen and oxygen atoms in total. The van der Waals surface area contributed by atoms with Gasteiger partial charge in [-0.1, -0.05) is 19.9 Å². The van der Waals surface area contributed by atoms with Crippen LogP contribution in [0.25, 0.3) is 0 Å². The minimum atomic E-state index is -4.45. The number of carbonyl (C=O) groups is 1. The molecule has 0 unspecified atom stereocenters. The first-order chi connectivity index (χ1) is 8.65. The first-order valence-corrected chi connectivity index (χ1v) is 5.81. The third-order valence-corrected chi connectivity index (χ3v) is 2.73. The number of nitrogens with two attached hydrogens (primary N) is 1. The summed E-state index contributed by atoms with van der Waals surface area (Å²) in [6.07, 6.45) is -4.45. The maximum absolute atomic E-state index is 12.5. The molecule has 0 aliphatic rings. The van der Waals surface area contributed by atoms with Gasteiger partial charge in [-0.3, -0.25) is 4.79 Å². The van der Waals surface area contributed by atoms with E-state index in [-0.39, 0.29) is 11.0 Å². The maximum atomic E-state index is 12.5. The molecule has 0 radical (unpaired) electrons. The van der Waals surface area contributed by atoms with Crippen molar-refractivity contribution in [3.63, 3.8) is 0 Å². The zero-order valence-corrected chi connectivity index (χ0v) is 10.8. The summed E-state index contributed by atoms with van der Waals surface area (Å²) in [4.78, 5) is 11.8. The summed E-state index contributed by atoms with van der Waals surface area (Å²) in [5, 5.41) is 2.58. The molecule has 0 saturated heterocycles. The molecule has 0 saturated carbocycles. The third kappa shape index (κ3) is 4.55. The van der Waals surface area contributed by atoms with Crippen LogP contribution in [0.1, 0.15) is 29.8 Å². The molecule has 1 aromatic carbocycles. The van der Waals surface area contributed by atoms with E-state index in [9.17, 15) is 18.0 Å². The van der Waals surface area contributed by atoms with E-state index in [1.54, 1.807) is 0 Å². The fraction of sp³-hybridized carbons (Fsp3) is 0.462. The maximum Gasteiger partial charge on any atom is 0.416 e. The molecule has 0 aliphatic heterocycles. The van der Waals surface area contributed by atoms with Crippen LogP contribution in [0.5, 0.6) is 0 Å². The second kappa shape index (κ2) is 5.61. The van der Waals surface area contributed by atoms with Crippen LogP contribution in [0.4, 0.5) is 13.2 Å². The Morgan fingerprint density at radius 1 is 1.32 bits per heavy atom. The van der Waals surface area contributed by atoms with Crippen LogP contribution in [0.3, 0.4) is 0 Å². The van der Waals surface area contributed by atoms with Gasteiger partial charge in [0.1, 0.15) is 0 Å². The zero-order chi connectivity index (χ0) is 14.7. The summed E-state index contributed by atoms with van der Waals surface area (Å²) in [5.74, 6) is -0.535. The molecule has 0 aromatic heterocycles. The summed E-state index contributed by atoms with van der Waals surface area (Å²) < 4.78 is 37.5. The molecule has 19 heavy (non-hydrogen) atoms. The number of nitrogens with one attached hydrogen (secondary N) is 1. The van der Waals surface area contributed by atoms with Crippen molar-refractivity contribution in [2.75, 3.05) is 13.1 Å². The summed E-state index contributed by atoms with van der Waals surface area (Å²) in [5.41, 5.74) is 4.37. The Labute approximate surface area is 110 Å². The highest BCUT2D eigenvalue weighted by Gasteiger charge is 2.31. The van der Waals surface area contributed by atoms with Crippen molar-refractivity contribution in [2.45, 2.75) is 20.0 Å². The Hall–Kier alpha value is -1.56. The number of benzene rings is 1. The molecule has 0 spiro atoms. The van der Waals surface area contributed by atoms with E-state index >= 15 is 0 Å². The number of hydrogen-bond acceptors (Lipinski definition) is 2. The van der Waals surface area contributed by atoms with Gasteiger partial charge in [-0.2, -0.15) is 13.2 Å². The standard InChI is InChI=1S/C13H17F3N2O/c1-12(2,7-17)8-18-11(19)9-4-3-5-10(6-9)13(14,15)16/h3-6H,7-8,17H2,1-2H3,(H,18,19). The van der Waals surface area contributed by atoms with E-state index in [2.05, 4.69) is 5.32 Å². The van der Waals surface area contributed by atoms with Crippen molar-refractivity contribution in [3.05, 3.63) is 35.4 Å². The van der Waals surface area contributed by atoms with Gasteiger partial charge in [0.05, 0.1) is 5.56 Å². The van der Waals surface area contributed by atoms with Gasteiger partial charge in [-0.15, -0.1) is 0 Å². The van der Waals surface area contributed by atoms with Gasteiger partial charge in [-0.05, 0) is 30.2 Å². The minimum absolute atomic E-state index is 0.0114. The van der Waals surface area contributed by atoms with Crippen LogP contribution >= 0.6 is 0 Å². The van der Waals surface area contributed by atoms with E-state index in [0.717, 1.165) is 12.1 Å². The first kappa shape index (κ1) is 15.5. The second-order valence-corrected chi connectivity index (χ2v) is 5.13. The third-order valence-electron chi connectivity index (χ3n) is 2.73.